The van der Waals surface area contributed by atoms with E-state index in [1.807, 2.05) is 31.2 Å². The van der Waals surface area contributed by atoms with Crippen molar-refractivity contribution in [2.45, 2.75) is 79.2 Å². The number of aliphatic hydroxyl groups is 1. The van der Waals surface area contributed by atoms with Crippen LogP contribution in [0.15, 0.2) is 36.4 Å². The van der Waals surface area contributed by atoms with Crippen LogP contribution >= 0.6 is 0 Å². The molecule has 2 fully saturated rings. The van der Waals surface area contributed by atoms with E-state index in [0.29, 0.717) is 24.0 Å². The fourth-order valence-corrected chi connectivity index (χ4v) is 8.80. The molecule has 2 aromatic carbocycles. The van der Waals surface area contributed by atoms with Crippen LogP contribution in [0.1, 0.15) is 82.3 Å². The summed E-state index contributed by atoms with van der Waals surface area (Å²) >= 11 is 0. The van der Waals surface area contributed by atoms with Gasteiger partial charge in [0, 0.05) is 24.2 Å². The van der Waals surface area contributed by atoms with Gasteiger partial charge in [-0.15, -0.1) is 0 Å². The molecule has 3 aliphatic rings. The summed E-state index contributed by atoms with van der Waals surface area (Å²) in [6, 6.07) is 10.6. The van der Waals surface area contributed by atoms with Crippen LogP contribution in [-0.4, -0.2) is 50.5 Å². The van der Waals surface area contributed by atoms with E-state index < -0.39 is 69.0 Å². The van der Waals surface area contributed by atoms with Crippen LogP contribution < -0.4 is 0 Å². The van der Waals surface area contributed by atoms with Crippen LogP contribution in [0.5, 0.6) is 5.75 Å². The molecule has 0 heterocycles. The van der Waals surface area contributed by atoms with E-state index in [1.165, 1.54) is 6.07 Å². The van der Waals surface area contributed by atoms with Gasteiger partial charge < -0.3 is 10.2 Å². The third-order valence-corrected chi connectivity index (χ3v) is 10.5. The van der Waals surface area contributed by atoms with Gasteiger partial charge in [0.2, 0.25) is 0 Å². The maximum Gasteiger partial charge on any atom is 0.190 e. The molecule has 0 bridgehead atoms. The number of Topliss-reactive ketones (excluding diaryl/α,β-unsaturated/α-hetero) is 6. The third kappa shape index (κ3) is 4.36. The summed E-state index contributed by atoms with van der Waals surface area (Å²) in [5.74, 6) is -8.99. The smallest absolute Gasteiger partial charge is 0.190 e. The highest BCUT2D eigenvalue weighted by Gasteiger charge is 2.76. The summed E-state index contributed by atoms with van der Waals surface area (Å²) in [6.07, 6.45) is 1.77. The van der Waals surface area contributed by atoms with E-state index in [0.717, 1.165) is 24.5 Å². The monoisotopic (exact) mass is 600 g/mol. The molecule has 0 radical (unpaired) electrons. The number of phenolic OH excluding ortho intramolecular Hbond substituents is 1. The third-order valence-electron chi connectivity index (χ3n) is 10.5. The van der Waals surface area contributed by atoms with Gasteiger partial charge in [0.15, 0.2) is 28.7 Å². The van der Waals surface area contributed by atoms with Crippen LogP contribution in [0.2, 0.25) is 0 Å². The molecule has 2 N–H and O–H groups in total. The molecule has 0 saturated heterocycles. The van der Waals surface area contributed by atoms with E-state index in [-0.39, 0.29) is 29.9 Å². The van der Waals surface area contributed by atoms with Crippen molar-refractivity contribution in [3.05, 3.63) is 53.1 Å². The lowest BCUT2D eigenvalue weighted by molar-refractivity contribution is -0.205. The zero-order valence-corrected chi connectivity index (χ0v) is 26.2. The lowest BCUT2D eigenvalue weighted by atomic mass is 9.40. The fourth-order valence-electron chi connectivity index (χ4n) is 8.80. The predicted octanol–water partition coefficient (Wildman–Crippen LogP) is 4.67. The predicted molar refractivity (Wildman–Crippen MR) is 162 cm³/mol. The van der Waals surface area contributed by atoms with Gasteiger partial charge in [0.05, 0.1) is 11.5 Å². The van der Waals surface area contributed by atoms with Gasteiger partial charge in [-0.05, 0) is 65.8 Å². The van der Waals surface area contributed by atoms with E-state index in [1.54, 1.807) is 33.8 Å². The number of benzene rings is 2. The van der Waals surface area contributed by atoms with Gasteiger partial charge >= 0.3 is 0 Å². The molecule has 0 aromatic heterocycles. The number of phenols is 1. The second-order valence-corrected chi connectivity index (χ2v) is 14.0. The second-order valence-electron chi connectivity index (χ2n) is 14.0. The van der Waals surface area contributed by atoms with E-state index in [2.05, 4.69) is 0 Å². The number of aromatic hydroxyl groups is 1. The Labute approximate surface area is 257 Å². The van der Waals surface area contributed by atoms with Crippen LogP contribution in [0, 0.1) is 34.5 Å². The highest BCUT2D eigenvalue weighted by Crippen LogP contribution is 2.64. The molecule has 3 aliphatic carbocycles. The van der Waals surface area contributed by atoms with Crippen LogP contribution in [0.4, 0.5) is 0 Å². The van der Waals surface area contributed by atoms with Gasteiger partial charge in [0.25, 0.3) is 0 Å². The van der Waals surface area contributed by atoms with Gasteiger partial charge in [-0.25, -0.2) is 0 Å². The summed E-state index contributed by atoms with van der Waals surface area (Å²) in [5.41, 5.74) is -2.56. The highest BCUT2D eigenvalue weighted by molar-refractivity contribution is 6.32. The first kappa shape index (κ1) is 31.6. The Bertz CT molecular complexity index is 1620. The number of rotatable bonds is 7. The van der Waals surface area contributed by atoms with Crippen molar-refractivity contribution in [3.8, 4) is 16.9 Å². The molecule has 0 aliphatic heterocycles. The Balaban J connectivity index is 1.64. The number of hydrogen-bond donors (Lipinski definition) is 2. The molecule has 8 heteroatoms. The molecule has 3 unspecified atom stereocenters. The largest absolute Gasteiger partial charge is 0.507 e. The zero-order chi connectivity index (χ0) is 32.5. The Morgan fingerprint density at radius 3 is 2.18 bits per heavy atom. The molecule has 5 rings (SSSR count). The molecule has 6 atom stereocenters. The molecule has 44 heavy (non-hydrogen) atoms. The number of fused-ring (bicyclic) bond motifs is 3. The van der Waals surface area contributed by atoms with E-state index >= 15 is 0 Å². The molecule has 0 amide bonds. The summed E-state index contributed by atoms with van der Waals surface area (Å²) < 4.78 is 0. The minimum atomic E-state index is -2.72. The first-order chi connectivity index (χ1) is 20.5. The molecule has 2 saturated carbocycles. The van der Waals surface area contributed by atoms with Crippen molar-refractivity contribution in [3.63, 3.8) is 0 Å². The van der Waals surface area contributed by atoms with Gasteiger partial charge in [-0.3, -0.25) is 28.8 Å². The average Bonchev–Trinajstić information content (AvgIpc) is 2.91. The van der Waals surface area contributed by atoms with E-state index in [4.69, 9.17) is 0 Å². The fraction of sp³-hybridized carbons (Fsp3) is 0.500. The Hall–Kier alpha value is -3.78. The maximum absolute atomic E-state index is 14.4. The summed E-state index contributed by atoms with van der Waals surface area (Å²) in [7, 11) is 0. The standard InChI is InChI=1S/C36H40O8/c1-7-8-22(38)15-20-9-11-21(12-10-20)23-13-14-25(39)27-24(23)16-34(5)17-35(6)28(18(2)3)30(40)26(19(4)37)32(42)36(35,44)33(43)29(34)31(27)41/h9-14,18,26,28-29,39,44H,7-8,15-17H2,1-6H3/t26?,28?,29?,34-,35-,36+/m1/s1. The normalized spacial score (nSPS) is 31.4. The van der Waals surface area contributed by atoms with Gasteiger partial charge in [-0.1, -0.05) is 65.0 Å². The van der Waals surface area contributed by atoms with Crippen molar-refractivity contribution >= 4 is 34.7 Å². The van der Waals surface area contributed by atoms with Crippen molar-refractivity contribution < 1.29 is 39.0 Å². The van der Waals surface area contributed by atoms with Crippen LogP contribution in [0.25, 0.3) is 11.1 Å². The first-order valence-electron chi connectivity index (χ1n) is 15.4. The minimum absolute atomic E-state index is 0.00336. The lowest BCUT2D eigenvalue weighted by Gasteiger charge is -2.61. The minimum Gasteiger partial charge on any atom is -0.507 e. The molecular formula is C36H40O8. The zero-order valence-electron chi connectivity index (χ0n) is 26.2. The van der Waals surface area contributed by atoms with E-state index in [9.17, 15) is 39.0 Å². The molecule has 2 aromatic rings. The molecule has 0 spiro atoms. The highest BCUT2D eigenvalue weighted by atomic mass is 16.3. The van der Waals surface area contributed by atoms with Crippen LogP contribution in [-0.2, 0) is 36.8 Å². The van der Waals surface area contributed by atoms with Crippen molar-refractivity contribution in [2.24, 2.45) is 34.5 Å². The van der Waals surface area contributed by atoms with Crippen molar-refractivity contribution in [1.82, 2.24) is 0 Å². The average molecular weight is 601 g/mol. The molecule has 8 nitrogen and oxygen atoms in total. The quantitative estimate of drug-likeness (QED) is 0.437. The molecule has 232 valence electrons. The van der Waals surface area contributed by atoms with Crippen molar-refractivity contribution in [1.29, 1.82) is 0 Å². The summed E-state index contributed by atoms with van der Waals surface area (Å²) in [4.78, 5) is 80.8. The maximum atomic E-state index is 14.4. The number of ketones is 6. The van der Waals surface area contributed by atoms with Crippen molar-refractivity contribution in [2.75, 3.05) is 0 Å². The second kappa shape index (κ2) is 10.7. The van der Waals surface area contributed by atoms with Gasteiger partial charge in [0.1, 0.15) is 23.2 Å². The lowest BCUT2D eigenvalue weighted by Crippen LogP contribution is -2.76. The number of carbonyl (C=O) groups excluding carboxylic acids is 6. The topological polar surface area (TPSA) is 143 Å². The first-order valence-corrected chi connectivity index (χ1v) is 15.4. The Kier molecular flexibility index (Phi) is 7.68. The Morgan fingerprint density at radius 2 is 1.61 bits per heavy atom. The van der Waals surface area contributed by atoms with Gasteiger partial charge in [-0.2, -0.15) is 0 Å². The summed E-state index contributed by atoms with van der Waals surface area (Å²) in [5, 5.41) is 23.1. The SMILES string of the molecule is CCCC(=O)Cc1ccc(-c2ccc(O)c3c2C[C@]2(C)C[C@]4(C)C(C(C)C)C(=O)C(C(C)=O)C(=O)[C@]4(O)C(=O)C2C3=O)cc1. The number of hydrogen-bond acceptors (Lipinski definition) is 8. The Morgan fingerprint density at radius 1 is 0.977 bits per heavy atom. The number of carbonyl (C=O) groups is 6. The summed E-state index contributed by atoms with van der Waals surface area (Å²) in [6.45, 7) is 9.90. The van der Waals surface area contributed by atoms with Crippen LogP contribution in [0.3, 0.4) is 0 Å². The molecular weight excluding hydrogens is 560 g/mol.